The molecular weight excluding hydrogens is 294 g/mol. The van der Waals surface area contributed by atoms with E-state index >= 15 is 0 Å². The molecule has 0 aliphatic carbocycles. The number of benzene rings is 1. The highest BCUT2D eigenvalue weighted by molar-refractivity contribution is 5.94. The van der Waals surface area contributed by atoms with Gasteiger partial charge in [0.1, 0.15) is 0 Å². The highest BCUT2D eigenvalue weighted by Gasteiger charge is 2.05. The number of nitrogens with one attached hydrogen (secondary N) is 1. The van der Waals surface area contributed by atoms with Crippen LogP contribution < -0.4 is 5.32 Å². The van der Waals surface area contributed by atoms with Crippen molar-refractivity contribution in [2.24, 2.45) is 0 Å². The molecule has 6 heteroatoms. The fourth-order valence-corrected chi connectivity index (χ4v) is 2.26. The summed E-state index contributed by atoms with van der Waals surface area (Å²) in [5.41, 5.74) is 1.58. The highest BCUT2D eigenvalue weighted by Crippen LogP contribution is 2.09. The maximum Gasteiger partial charge on any atom is 0.303 e. The van der Waals surface area contributed by atoms with Crippen LogP contribution in [0.2, 0.25) is 0 Å². The van der Waals surface area contributed by atoms with E-state index in [0.717, 1.165) is 24.9 Å². The average Bonchev–Trinajstić information content (AvgIpc) is 3.08. The Morgan fingerprint density at radius 3 is 2.48 bits per heavy atom. The first kappa shape index (κ1) is 16.7. The Hall–Kier alpha value is -2.63. The van der Waals surface area contributed by atoms with Gasteiger partial charge in [0.2, 0.25) is 0 Å². The summed E-state index contributed by atoms with van der Waals surface area (Å²) in [4.78, 5) is 26.4. The van der Waals surface area contributed by atoms with Crippen LogP contribution in [-0.2, 0) is 4.79 Å². The molecule has 1 amide bonds. The van der Waals surface area contributed by atoms with E-state index in [9.17, 15) is 9.59 Å². The Bertz CT molecular complexity index is 621. The number of hydrogen-bond donors (Lipinski definition) is 2. The lowest BCUT2D eigenvalue weighted by Crippen LogP contribution is -2.24. The Kier molecular flexibility index (Phi) is 6.35. The van der Waals surface area contributed by atoms with Crippen molar-refractivity contribution in [3.05, 3.63) is 48.5 Å². The number of unbranched alkanes of at least 4 members (excludes halogenated alkanes) is 3. The van der Waals surface area contributed by atoms with Crippen molar-refractivity contribution < 1.29 is 14.7 Å². The van der Waals surface area contributed by atoms with Crippen molar-refractivity contribution >= 4 is 11.9 Å². The molecule has 0 spiro atoms. The number of carbonyl (C=O) groups is 2. The van der Waals surface area contributed by atoms with E-state index in [1.807, 2.05) is 22.9 Å². The molecule has 0 aliphatic heterocycles. The van der Waals surface area contributed by atoms with E-state index in [4.69, 9.17) is 5.11 Å². The smallest absolute Gasteiger partial charge is 0.303 e. The molecule has 0 fully saturated rings. The normalized spacial score (nSPS) is 10.4. The summed E-state index contributed by atoms with van der Waals surface area (Å²) in [6.45, 7) is 0.606. The topological polar surface area (TPSA) is 84.2 Å². The summed E-state index contributed by atoms with van der Waals surface area (Å²) in [5, 5.41) is 11.4. The summed E-state index contributed by atoms with van der Waals surface area (Å²) >= 11 is 0. The van der Waals surface area contributed by atoms with E-state index in [0.29, 0.717) is 18.5 Å². The molecule has 2 aromatic rings. The van der Waals surface area contributed by atoms with E-state index in [-0.39, 0.29) is 12.3 Å². The van der Waals surface area contributed by atoms with Gasteiger partial charge in [-0.3, -0.25) is 9.59 Å². The van der Waals surface area contributed by atoms with Gasteiger partial charge in [0, 0.05) is 36.6 Å². The van der Waals surface area contributed by atoms with Crippen LogP contribution in [0.15, 0.2) is 43.0 Å². The van der Waals surface area contributed by atoms with E-state index in [1.54, 1.807) is 24.7 Å². The Balaban J connectivity index is 1.68. The molecule has 0 saturated heterocycles. The first-order valence-electron chi connectivity index (χ1n) is 7.75. The second kappa shape index (κ2) is 8.73. The third kappa shape index (κ3) is 5.58. The minimum Gasteiger partial charge on any atom is -0.481 e. The Morgan fingerprint density at radius 2 is 1.83 bits per heavy atom. The van der Waals surface area contributed by atoms with Crippen LogP contribution in [0.1, 0.15) is 42.5 Å². The van der Waals surface area contributed by atoms with E-state index < -0.39 is 5.97 Å². The van der Waals surface area contributed by atoms with Gasteiger partial charge in [0.05, 0.1) is 6.33 Å². The summed E-state index contributed by atoms with van der Waals surface area (Å²) in [5.74, 6) is -0.842. The standard InChI is InChI=1S/C17H21N3O3/c21-16(22)5-3-1-2-4-10-19-17(23)14-6-8-15(9-7-14)20-12-11-18-13-20/h6-9,11-13H,1-5,10H2,(H,19,23)(H,21,22). The predicted molar refractivity (Wildman–Crippen MR) is 86.6 cm³/mol. The number of nitrogens with zero attached hydrogens (tertiary/aromatic N) is 2. The zero-order valence-electron chi connectivity index (χ0n) is 12.9. The van der Waals surface area contributed by atoms with Crippen LogP contribution in [0.25, 0.3) is 5.69 Å². The molecule has 1 aromatic carbocycles. The zero-order chi connectivity index (χ0) is 16.5. The molecule has 2 rings (SSSR count). The number of imidazole rings is 1. The number of aliphatic carboxylic acids is 1. The number of amides is 1. The van der Waals surface area contributed by atoms with Gasteiger partial charge >= 0.3 is 5.97 Å². The van der Waals surface area contributed by atoms with Gasteiger partial charge in [-0.25, -0.2) is 4.98 Å². The quantitative estimate of drug-likeness (QED) is 0.697. The van der Waals surface area contributed by atoms with Crippen molar-refractivity contribution in [1.82, 2.24) is 14.9 Å². The lowest BCUT2D eigenvalue weighted by atomic mass is 10.1. The maximum atomic E-state index is 12.0. The Labute approximate surface area is 135 Å². The van der Waals surface area contributed by atoms with Gasteiger partial charge in [-0.2, -0.15) is 0 Å². The molecule has 0 unspecified atom stereocenters. The van der Waals surface area contributed by atoms with Crippen LogP contribution in [0, 0.1) is 0 Å². The third-order valence-electron chi connectivity index (χ3n) is 3.54. The third-order valence-corrected chi connectivity index (χ3v) is 3.54. The number of aromatic nitrogens is 2. The zero-order valence-corrected chi connectivity index (χ0v) is 12.9. The van der Waals surface area contributed by atoms with E-state index in [1.165, 1.54) is 0 Å². The van der Waals surface area contributed by atoms with Crippen molar-refractivity contribution in [3.63, 3.8) is 0 Å². The second-order valence-electron chi connectivity index (χ2n) is 5.33. The molecule has 0 bridgehead atoms. The molecule has 1 aromatic heterocycles. The number of carboxylic acid groups (broad SMARTS) is 1. The van der Waals surface area contributed by atoms with Gasteiger partial charge in [-0.15, -0.1) is 0 Å². The van der Waals surface area contributed by atoms with Crippen molar-refractivity contribution in [3.8, 4) is 5.69 Å². The van der Waals surface area contributed by atoms with Crippen molar-refractivity contribution in [1.29, 1.82) is 0 Å². The molecule has 1 heterocycles. The van der Waals surface area contributed by atoms with Crippen LogP contribution in [0.5, 0.6) is 0 Å². The van der Waals surface area contributed by atoms with Crippen molar-refractivity contribution in [2.75, 3.05) is 6.54 Å². The molecule has 0 radical (unpaired) electrons. The minimum absolute atomic E-state index is 0.0901. The maximum absolute atomic E-state index is 12.0. The van der Waals surface area contributed by atoms with Crippen LogP contribution in [0.3, 0.4) is 0 Å². The first-order valence-corrected chi connectivity index (χ1v) is 7.75. The predicted octanol–water partition coefficient (Wildman–Crippen LogP) is 2.64. The van der Waals surface area contributed by atoms with Gasteiger partial charge in [0.25, 0.3) is 5.91 Å². The average molecular weight is 315 g/mol. The molecule has 0 saturated carbocycles. The largest absolute Gasteiger partial charge is 0.481 e. The first-order chi connectivity index (χ1) is 11.2. The van der Waals surface area contributed by atoms with Crippen LogP contribution in [0.4, 0.5) is 0 Å². The number of carboxylic acids is 1. The summed E-state index contributed by atoms with van der Waals surface area (Å²) in [7, 11) is 0. The summed E-state index contributed by atoms with van der Waals surface area (Å²) in [6, 6.07) is 7.33. The fourth-order valence-electron chi connectivity index (χ4n) is 2.26. The number of hydrogen-bond acceptors (Lipinski definition) is 3. The Morgan fingerprint density at radius 1 is 1.09 bits per heavy atom. The molecule has 0 atom stereocenters. The fraction of sp³-hybridized carbons (Fsp3) is 0.353. The van der Waals surface area contributed by atoms with Gasteiger partial charge < -0.3 is 15.0 Å². The number of rotatable bonds is 9. The van der Waals surface area contributed by atoms with Gasteiger partial charge in [0.15, 0.2) is 0 Å². The molecule has 6 nitrogen and oxygen atoms in total. The monoisotopic (exact) mass is 315 g/mol. The molecule has 2 N–H and O–H groups in total. The minimum atomic E-state index is -0.752. The SMILES string of the molecule is O=C(O)CCCCCCNC(=O)c1ccc(-n2ccnc2)cc1. The molecule has 122 valence electrons. The molecule has 0 aliphatic rings. The molecular formula is C17H21N3O3. The number of carbonyl (C=O) groups excluding carboxylic acids is 1. The summed E-state index contributed by atoms with van der Waals surface area (Å²) in [6.07, 6.45) is 8.83. The second-order valence-corrected chi connectivity index (χ2v) is 5.33. The molecule has 23 heavy (non-hydrogen) atoms. The van der Waals surface area contributed by atoms with Crippen molar-refractivity contribution in [2.45, 2.75) is 32.1 Å². The highest BCUT2D eigenvalue weighted by atomic mass is 16.4. The van der Waals surface area contributed by atoms with E-state index in [2.05, 4.69) is 10.3 Å². The van der Waals surface area contributed by atoms with Crippen LogP contribution in [-0.4, -0.2) is 33.1 Å². The van der Waals surface area contributed by atoms with Gasteiger partial charge in [-0.1, -0.05) is 12.8 Å². The lowest BCUT2D eigenvalue weighted by Gasteiger charge is -2.07. The lowest BCUT2D eigenvalue weighted by molar-refractivity contribution is -0.137. The van der Waals surface area contributed by atoms with Gasteiger partial charge in [-0.05, 0) is 37.1 Å². The summed E-state index contributed by atoms with van der Waals surface area (Å²) < 4.78 is 1.87. The van der Waals surface area contributed by atoms with Crippen LogP contribution >= 0.6 is 0 Å².